The van der Waals surface area contributed by atoms with Gasteiger partial charge < -0.3 is 5.32 Å². The maximum atomic E-state index is 12.1. The third-order valence-electron chi connectivity index (χ3n) is 3.92. The molecule has 22 heavy (non-hydrogen) atoms. The molecule has 2 aromatic rings. The number of rotatable bonds is 3. The highest BCUT2D eigenvalue weighted by Crippen LogP contribution is 2.30. The lowest BCUT2D eigenvalue weighted by molar-refractivity contribution is 0.240. The maximum absolute atomic E-state index is 12.1. The number of likely N-dealkylation sites (N-methyl/N-ethyl adjacent to an activating group) is 1. The van der Waals surface area contributed by atoms with Crippen molar-refractivity contribution >= 4 is 11.8 Å². The summed E-state index contributed by atoms with van der Waals surface area (Å²) < 4.78 is 0. The topological polar surface area (TPSA) is 70.2 Å². The molecule has 2 amide bonds. The zero-order valence-electron chi connectivity index (χ0n) is 12.4. The Hall–Kier alpha value is -2.47. The molecule has 1 aromatic carbocycles. The lowest BCUT2D eigenvalue weighted by Crippen LogP contribution is -2.41. The van der Waals surface area contributed by atoms with E-state index < -0.39 is 0 Å². The van der Waals surface area contributed by atoms with Crippen molar-refractivity contribution in [3.63, 3.8) is 0 Å². The molecule has 2 atom stereocenters. The van der Waals surface area contributed by atoms with Gasteiger partial charge in [0, 0.05) is 12.7 Å². The summed E-state index contributed by atoms with van der Waals surface area (Å²) in [5, 5.41) is 13.4. The maximum Gasteiger partial charge on any atom is 0.320 e. The minimum atomic E-state index is -0.248. The number of benzene rings is 1. The van der Waals surface area contributed by atoms with Crippen LogP contribution in [0.2, 0.25) is 0 Å². The Morgan fingerprint density at radius 2 is 2.05 bits per heavy atom. The van der Waals surface area contributed by atoms with Gasteiger partial charge in [0.2, 0.25) is 0 Å². The first kappa shape index (κ1) is 14.5. The van der Waals surface area contributed by atoms with E-state index in [1.807, 2.05) is 18.2 Å². The number of likely N-dealkylation sites (tertiary alicyclic amines) is 1. The summed E-state index contributed by atoms with van der Waals surface area (Å²) in [7, 11) is 2.08. The van der Waals surface area contributed by atoms with Gasteiger partial charge in [-0.3, -0.25) is 10.2 Å². The average Bonchev–Trinajstić information content (AvgIpc) is 2.89. The highest BCUT2D eigenvalue weighted by atomic mass is 16.2. The second kappa shape index (κ2) is 6.53. The van der Waals surface area contributed by atoms with Gasteiger partial charge >= 0.3 is 6.03 Å². The minimum absolute atomic E-state index is 0.0732. The second-order valence-corrected chi connectivity index (χ2v) is 5.44. The largest absolute Gasteiger partial charge is 0.333 e. The Bertz CT molecular complexity index is 619. The number of carbonyl (C=O) groups is 1. The molecule has 0 bridgehead atoms. The summed E-state index contributed by atoms with van der Waals surface area (Å²) in [5.41, 5.74) is 1.22. The zero-order chi connectivity index (χ0) is 15.4. The van der Waals surface area contributed by atoms with Gasteiger partial charge in [0.05, 0.1) is 12.1 Å². The van der Waals surface area contributed by atoms with E-state index in [1.165, 1.54) is 5.56 Å². The van der Waals surface area contributed by atoms with E-state index in [0.29, 0.717) is 5.82 Å². The van der Waals surface area contributed by atoms with Crippen molar-refractivity contribution in [1.29, 1.82) is 0 Å². The Kier molecular flexibility index (Phi) is 4.29. The number of amides is 2. The standard InChI is InChI=1S/C16H19N5O/c1-21-11-9-13(15(21)12-6-3-2-4-7-12)18-16(22)19-14-8-5-10-17-20-14/h2-8,10,13,15H,9,11H2,1H3,(H2,18,19,20,22)/t13-,15+/m1/s1. The molecule has 1 aliphatic rings. The quantitative estimate of drug-likeness (QED) is 0.909. The molecule has 6 nitrogen and oxygen atoms in total. The third kappa shape index (κ3) is 3.23. The highest BCUT2D eigenvalue weighted by molar-refractivity contribution is 5.88. The van der Waals surface area contributed by atoms with Gasteiger partial charge in [-0.1, -0.05) is 30.3 Å². The highest BCUT2D eigenvalue weighted by Gasteiger charge is 2.33. The van der Waals surface area contributed by atoms with E-state index in [-0.39, 0.29) is 18.1 Å². The van der Waals surface area contributed by atoms with E-state index in [4.69, 9.17) is 0 Å². The zero-order valence-corrected chi connectivity index (χ0v) is 12.4. The van der Waals surface area contributed by atoms with Crippen molar-refractivity contribution < 1.29 is 4.79 Å². The van der Waals surface area contributed by atoms with E-state index in [1.54, 1.807) is 18.3 Å². The molecule has 1 aliphatic heterocycles. The third-order valence-corrected chi connectivity index (χ3v) is 3.92. The van der Waals surface area contributed by atoms with Crippen LogP contribution in [0, 0.1) is 0 Å². The van der Waals surface area contributed by atoms with Gasteiger partial charge in [0.15, 0.2) is 5.82 Å². The Morgan fingerprint density at radius 1 is 1.23 bits per heavy atom. The van der Waals surface area contributed by atoms with E-state index in [9.17, 15) is 4.79 Å². The molecule has 0 aliphatic carbocycles. The normalized spacial score (nSPS) is 21.5. The van der Waals surface area contributed by atoms with Crippen LogP contribution in [0.25, 0.3) is 0 Å². The van der Waals surface area contributed by atoms with Crippen LogP contribution in [0.15, 0.2) is 48.7 Å². The van der Waals surface area contributed by atoms with Gasteiger partial charge in [-0.25, -0.2) is 4.79 Å². The molecule has 1 fully saturated rings. The number of nitrogens with one attached hydrogen (secondary N) is 2. The molecule has 0 saturated carbocycles. The first-order valence-corrected chi connectivity index (χ1v) is 7.34. The predicted octanol–water partition coefficient (Wildman–Crippen LogP) is 2.04. The molecule has 6 heteroatoms. The van der Waals surface area contributed by atoms with Crippen molar-refractivity contribution in [3.05, 3.63) is 54.2 Å². The number of carbonyl (C=O) groups excluding carboxylic acids is 1. The molecule has 0 spiro atoms. The van der Waals surface area contributed by atoms with Crippen molar-refractivity contribution in [2.24, 2.45) is 0 Å². The monoisotopic (exact) mass is 297 g/mol. The van der Waals surface area contributed by atoms with Crippen LogP contribution in [0.4, 0.5) is 10.6 Å². The van der Waals surface area contributed by atoms with Crippen LogP contribution >= 0.6 is 0 Å². The van der Waals surface area contributed by atoms with Gasteiger partial charge in [-0.05, 0) is 31.2 Å². The molecule has 1 saturated heterocycles. The summed E-state index contributed by atoms with van der Waals surface area (Å²) in [6, 6.07) is 13.7. The Labute approximate surface area is 129 Å². The van der Waals surface area contributed by atoms with Gasteiger partial charge in [0.25, 0.3) is 0 Å². The Balaban J connectivity index is 1.67. The molecule has 3 rings (SSSR count). The van der Waals surface area contributed by atoms with Crippen molar-refractivity contribution in [2.75, 3.05) is 18.9 Å². The van der Waals surface area contributed by atoms with Crippen molar-refractivity contribution in [2.45, 2.75) is 18.5 Å². The molecule has 0 unspecified atom stereocenters. The first-order valence-electron chi connectivity index (χ1n) is 7.34. The molecule has 2 heterocycles. The summed E-state index contributed by atoms with van der Waals surface area (Å²) in [4.78, 5) is 14.4. The fourth-order valence-electron chi connectivity index (χ4n) is 2.92. The van der Waals surface area contributed by atoms with Crippen LogP contribution < -0.4 is 10.6 Å². The predicted molar refractivity (Wildman–Crippen MR) is 84.4 cm³/mol. The number of anilines is 1. The lowest BCUT2D eigenvalue weighted by atomic mass is 10.0. The number of aromatic nitrogens is 2. The summed E-state index contributed by atoms with van der Waals surface area (Å²) >= 11 is 0. The average molecular weight is 297 g/mol. The van der Waals surface area contributed by atoms with E-state index in [2.05, 4.69) is 44.9 Å². The van der Waals surface area contributed by atoms with Gasteiger partial charge in [0.1, 0.15) is 0 Å². The number of urea groups is 1. The van der Waals surface area contributed by atoms with Crippen LogP contribution in [-0.2, 0) is 0 Å². The van der Waals surface area contributed by atoms with Crippen molar-refractivity contribution in [1.82, 2.24) is 20.4 Å². The summed E-state index contributed by atoms with van der Waals surface area (Å²) in [6.45, 7) is 0.954. The number of hydrogen-bond acceptors (Lipinski definition) is 4. The Morgan fingerprint density at radius 3 is 2.77 bits per heavy atom. The molecule has 0 radical (unpaired) electrons. The molecule has 1 aromatic heterocycles. The van der Waals surface area contributed by atoms with E-state index in [0.717, 1.165) is 13.0 Å². The summed E-state index contributed by atoms with van der Waals surface area (Å²) in [6.07, 6.45) is 2.49. The van der Waals surface area contributed by atoms with Gasteiger partial charge in [-0.15, -0.1) is 5.10 Å². The molecule has 114 valence electrons. The molecular formula is C16H19N5O. The first-order chi connectivity index (χ1) is 10.7. The van der Waals surface area contributed by atoms with Gasteiger partial charge in [-0.2, -0.15) is 5.10 Å². The number of nitrogens with zero attached hydrogens (tertiary/aromatic N) is 3. The SMILES string of the molecule is CN1CC[C@@H](NC(=O)Nc2cccnn2)[C@@H]1c1ccccc1. The fourth-order valence-corrected chi connectivity index (χ4v) is 2.92. The molecular weight excluding hydrogens is 278 g/mol. The summed E-state index contributed by atoms with van der Waals surface area (Å²) in [5.74, 6) is 0.447. The minimum Gasteiger partial charge on any atom is -0.333 e. The molecule has 2 N–H and O–H groups in total. The van der Waals surface area contributed by atoms with Crippen LogP contribution in [0.1, 0.15) is 18.0 Å². The number of hydrogen-bond donors (Lipinski definition) is 2. The van der Waals surface area contributed by atoms with E-state index >= 15 is 0 Å². The second-order valence-electron chi connectivity index (χ2n) is 5.44. The smallest absolute Gasteiger partial charge is 0.320 e. The lowest BCUT2D eigenvalue weighted by Gasteiger charge is -2.26. The van der Waals surface area contributed by atoms with Crippen LogP contribution in [-0.4, -0.2) is 40.8 Å². The van der Waals surface area contributed by atoms with Crippen LogP contribution in [0.3, 0.4) is 0 Å². The fraction of sp³-hybridized carbons (Fsp3) is 0.312. The van der Waals surface area contributed by atoms with Crippen LogP contribution in [0.5, 0.6) is 0 Å². The van der Waals surface area contributed by atoms with Crippen molar-refractivity contribution in [3.8, 4) is 0 Å².